The third-order valence-electron chi connectivity index (χ3n) is 7.33. The number of para-hydroxylation sites is 1. The van der Waals surface area contributed by atoms with Gasteiger partial charge in [0.15, 0.2) is 11.2 Å². The molecular formula is C30H37BrN8O4. The Hall–Kier alpha value is -4.00. The summed E-state index contributed by atoms with van der Waals surface area (Å²) in [4.78, 5) is 56.2. The average Bonchev–Trinajstić information content (AvgIpc) is 3.32. The van der Waals surface area contributed by atoms with Gasteiger partial charge in [0.25, 0.3) is 5.56 Å². The Morgan fingerprint density at radius 2 is 1.91 bits per heavy atom. The fourth-order valence-electron chi connectivity index (χ4n) is 5.39. The Balaban J connectivity index is 1.57. The monoisotopic (exact) mass is 652 g/mol. The van der Waals surface area contributed by atoms with Crippen LogP contribution in [-0.2, 0) is 24.9 Å². The number of carbonyl (C=O) groups excluding carboxylic acids is 1. The van der Waals surface area contributed by atoms with Crippen molar-refractivity contribution in [1.82, 2.24) is 34.0 Å². The smallest absolute Gasteiger partial charge is 0.407 e. The fraction of sp³-hybridized carbons (Fsp3) is 0.467. The van der Waals surface area contributed by atoms with Crippen molar-refractivity contribution >= 4 is 50.0 Å². The maximum Gasteiger partial charge on any atom is 0.407 e. The van der Waals surface area contributed by atoms with Crippen molar-refractivity contribution in [3.05, 3.63) is 67.2 Å². The molecule has 0 aliphatic carbocycles. The van der Waals surface area contributed by atoms with Crippen LogP contribution < -0.4 is 21.5 Å². The predicted molar refractivity (Wildman–Crippen MR) is 170 cm³/mol. The highest BCUT2D eigenvalue weighted by molar-refractivity contribution is 9.11. The van der Waals surface area contributed by atoms with Gasteiger partial charge in [-0.15, -0.1) is 0 Å². The van der Waals surface area contributed by atoms with E-state index in [0.717, 1.165) is 33.9 Å². The molecule has 1 saturated heterocycles. The number of ether oxygens (including phenoxy) is 1. The fourth-order valence-corrected chi connectivity index (χ4v) is 5.53. The number of carbonyl (C=O) groups is 1. The summed E-state index contributed by atoms with van der Waals surface area (Å²) in [5.74, 6) is 0.933. The zero-order chi connectivity index (χ0) is 31.1. The topological polar surface area (TPSA) is 129 Å². The molecule has 1 N–H and O–H groups in total. The molecule has 12 nitrogen and oxygen atoms in total. The van der Waals surface area contributed by atoms with Crippen molar-refractivity contribution in [1.29, 1.82) is 0 Å². The zero-order valence-electron chi connectivity index (χ0n) is 25.3. The lowest BCUT2D eigenvalue weighted by atomic mass is 10.1. The van der Waals surface area contributed by atoms with Crippen molar-refractivity contribution in [2.24, 2.45) is 7.05 Å². The Bertz CT molecular complexity index is 1850. The maximum absolute atomic E-state index is 14.1. The molecule has 4 aromatic rings. The Morgan fingerprint density at radius 3 is 2.63 bits per heavy atom. The second-order valence-electron chi connectivity index (χ2n) is 11.9. The summed E-state index contributed by atoms with van der Waals surface area (Å²) in [6.45, 7) is 10.7. The standard InChI is InChI=1S/C30H37BrN8O4/c1-18(31)13-15-38-24-25(35-27(38)37-14-9-10-20(16-37)33-28(41)43-30(3,4)5)36(6)29(42)39(26(24)40)17-23-32-19(2)21-11-7-8-12-22(21)34-23/h7-8,11-13,20H,9-10,14-17H2,1-6H3,(H,33,41)/b18-13-/t20-/m1/s1. The number of hydrogen-bond acceptors (Lipinski definition) is 8. The summed E-state index contributed by atoms with van der Waals surface area (Å²) in [6, 6.07) is 7.48. The van der Waals surface area contributed by atoms with Gasteiger partial charge in [-0.05, 0) is 58.0 Å². The Kier molecular flexibility index (Phi) is 8.46. The molecule has 0 saturated carbocycles. The number of imidazole rings is 1. The first-order valence-electron chi connectivity index (χ1n) is 14.3. The number of hydrogen-bond donors (Lipinski definition) is 1. The van der Waals surface area contributed by atoms with Crippen LogP contribution in [0.5, 0.6) is 0 Å². The van der Waals surface area contributed by atoms with E-state index in [2.05, 4.69) is 31.2 Å². The normalized spacial score (nSPS) is 16.2. The van der Waals surface area contributed by atoms with Gasteiger partial charge in [-0.25, -0.2) is 19.6 Å². The minimum absolute atomic E-state index is 0.0768. The number of anilines is 1. The molecule has 1 aromatic carbocycles. The van der Waals surface area contributed by atoms with Gasteiger partial charge in [0.1, 0.15) is 11.4 Å². The van der Waals surface area contributed by atoms with Crippen molar-refractivity contribution in [2.45, 2.75) is 72.2 Å². The molecule has 4 heterocycles. The molecule has 228 valence electrons. The number of piperidine rings is 1. The predicted octanol–water partition coefficient (Wildman–Crippen LogP) is 3.99. The molecule has 0 bridgehead atoms. The molecule has 5 rings (SSSR count). The second kappa shape index (κ2) is 11.9. The average molecular weight is 654 g/mol. The molecule has 1 fully saturated rings. The Morgan fingerprint density at radius 1 is 1.16 bits per heavy atom. The molecule has 0 spiro atoms. The highest BCUT2D eigenvalue weighted by Gasteiger charge is 2.29. The summed E-state index contributed by atoms with van der Waals surface area (Å²) in [5.41, 5.74) is 0.553. The highest BCUT2D eigenvalue weighted by atomic mass is 79.9. The van der Waals surface area contributed by atoms with E-state index >= 15 is 0 Å². The van der Waals surface area contributed by atoms with Gasteiger partial charge in [-0.3, -0.25) is 13.9 Å². The number of allylic oxidation sites excluding steroid dienone is 2. The van der Waals surface area contributed by atoms with Gasteiger partial charge < -0.3 is 19.5 Å². The first-order chi connectivity index (χ1) is 20.3. The number of aryl methyl sites for hydroxylation is 2. The molecule has 3 aromatic heterocycles. The lowest BCUT2D eigenvalue weighted by Crippen LogP contribution is -2.49. The Labute approximate surface area is 257 Å². The van der Waals surface area contributed by atoms with E-state index in [-0.39, 0.29) is 12.6 Å². The van der Waals surface area contributed by atoms with Crippen molar-refractivity contribution in [2.75, 3.05) is 18.0 Å². The number of halogens is 1. The third-order valence-corrected chi connectivity index (χ3v) is 7.66. The lowest BCUT2D eigenvalue weighted by molar-refractivity contribution is 0.0499. The SMILES string of the molecule is C/C(Br)=C/Cn1c(N2CCC[C@@H](NC(=O)OC(C)(C)C)C2)nc2c1c(=O)n(Cc1nc(C)c3ccccc3n1)c(=O)n2C. The largest absolute Gasteiger partial charge is 0.444 e. The molecule has 1 aliphatic heterocycles. The molecule has 1 atom stereocenters. The number of alkyl carbamates (subject to hydrolysis) is 1. The van der Waals surface area contributed by atoms with Gasteiger partial charge in [0.2, 0.25) is 5.95 Å². The molecule has 0 radical (unpaired) electrons. The lowest BCUT2D eigenvalue weighted by Gasteiger charge is -2.34. The third kappa shape index (κ3) is 6.51. The van der Waals surface area contributed by atoms with Crippen LogP contribution >= 0.6 is 15.9 Å². The number of amides is 1. The van der Waals surface area contributed by atoms with Crippen LogP contribution in [0.3, 0.4) is 0 Å². The van der Waals surface area contributed by atoms with Crippen LogP contribution in [0.2, 0.25) is 0 Å². The van der Waals surface area contributed by atoms with E-state index < -0.39 is 22.9 Å². The summed E-state index contributed by atoms with van der Waals surface area (Å²) in [6.07, 6.45) is 3.06. The molecule has 0 unspecified atom stereocenters. The van der Waals surface area contributed by atoms with Crippen LogP contribution in [0, 0.1) is 6.92 Å². The van der Waals surface area contributed by atoms with E-state index in [1.54, 1.807) is 7.05 Å². The summed E-state index contributed by atoms with van der Waals surface area (Å²) < 4.78 is 10.8. The van der Waals surface area contributed by atoms with Gasteiger partial charge >= 0.3 is 11.8 Å². The number of fused-ring (bicyclic) bond motifs is 2. The van der Waals surface area contributed by atoms with Crippen LogP contribution in [-0.4, -0.2) is 59.5 Å². The number of benzene rings is 1. The maximum atomic E-state index is 14.1. The van der Waals surface area contributed by atoms with Crippen LogP contribution in [0.25, 0.3) is 22.1 Å². The van der Waals surface area contributed by atoms with Gasteiger partial charge in [0.05, 0.1) is 12.1 Å². The van der Waals surface area contributed by atoms with E-state index in [0.29, 0.717) is 42.6 Å². The zero-order valence-corrected chi connectivity index (χ0v) is 26.9. The van der Waals surface area contributed by atoms with Crippen molar-refractivity contribution in [3.8, 4) is 0 Å². The molecule has 1 amide bonds. The molecular weight excluding hydrogens is 616 g/mol. The number of nitrogens with zero attached hydrogens (tertiary/aromatic N) is 7. The van der Waals surface area contributed by atoms with Gasteiger partial charge in [-0.1, -0.05) is 40.2 Å². The van der Waals surface area contributed by atoms with Crippen molar-refractivity contribution < 1.29 is 9.53 Å². The van der Waals surface area contributed by atoms with Crippen molar-refractivity contribution in [3.63, 3.8) is 0 Å². The van der Waals surface area contributed by atoms with E-state index in [9.17, 15) is 14.4 Å². The van der Waals surface area contributed by atoms with E-state index in [1.165, 1.54) is 9.13 Å². The summed E-state index contributed by atoms with van der Waals surface area (Å²) >= 11 is 3.49. The molecule has 1 aliphatic rings. The molecule has 13 heteroatoms. The minimum atomic E-state index is -0.604. The van der Waals surface area contributed by atoms with E-state index in [1.807, 2.05) is 74.4 Å². The van der Waals surface area contributed by atoms with Crippen LogP contribution in [0.15, 0.2) is 44.4 Å². The minimum Gasteiger partial charge on any atom is -0.444 e. The summed E-state index contributed by atoms with van der Waals surface area (Å²) in [5, 5.41) is 3.89. The van der Waals surface area contributed by atoms with E-state index in [4.69, 9.17) is 9.72 Å². The second-order valence-corrected chi connectivity index (χ2v) is 13.1. The van der Waals surface area contributed by atoms with Crippen LogP contribution in [0.4, 0.5) is 10.7 Å². The molecule has 43 heavy (non-hydrogen) atoms. The highest BCUT2D eigenvalue weighted by Crippen LogP contribution is 2.24. The van der Waals surface area contributed by atoms with Gasteiger partial charge in [0, 0.05) is 43.8 Å². The number of aromatic nitrogens is 6. The van der Waals surface area contributed by atoms with Crippen LogP contribution in [0.1, 0.15) is 52.1 Å². The number of rotatable bonds is 6. The first-order valence-corrected chi connectivity index (χ1v) is 15.1. The quantitative estimate of drug-likeness (QED) is 0.331. The number of nitrogens with one attached hydrogen (secondary N) is 1. The summed E-state index contributed by atoms with van der Waals surface area (Å²) in [7, 11) is 1.61. The van der Waals surface area contributed by atoms with Gasteiger partial charge in [-0.2, -0.15) is 4.98 Å². The first kappa shape index (κ1) is 30.5.